The number of hydrogen-bond donors (Lipinski definition) is 0. The lowest BCUT2D eigenvalue weighted by Gasteiger charge is -2.35. The van der Waals surface area contributed by atoms with Crippen LogP contribution in [0.4, 0.5) is 22.4 Å². The van der Waals surface area contributed by atoms with E-state index in [0.29, 0.717) is 19.4 Å². The Morgan fingerprint density at radius 3 is 2.53 bits per heavy atom. The van der Waals surface area contributed by atoms with Gasteiger partial charge in [-0.1, -0.05) is 6.92 Å². The van der Waals surface area contributed by atoms with E-state index in [0.717, 1.165) is 12.1 Å². The molecule has 3 rings (SSSR count). The summed E-state index contributed by atoms with van der Waals surface area (Å²) in [5.41, 5.74) is -1.91. The maximum Gasteiger partial charge on any atom is 0.412 e. The number of nitrogens with zero attached hydrogens (tertiary/aromatic N) is 3. The van der Waals surface area contributed by atoms with Crippen LogP contribution >= 0.6 is 0 Å². The molecule has 3 heterocycles. The molecule has 7 nitrogen and oxygen atoms in total. The Kier molecular flexibility index (Phi) is 9.22. The summed E-state index contributed by atoms with van der Waals surface area (Å²) in [7, 11) is 0. The Labute approximate surface area is 220 Å². The van der Waals surface area contributed by atoms with Crippen LogP contribution in [0.5, 0.6) is 5.75 Å². The molecule has 2 unspecified atom stereocenters. The van der Waals surface area contributed by atoms with Crippen LogP contribution < -0.4 is 4.74 Å². The van der Waals surface area contributed by atoms with Crippen LogP contribution in [0.15, 0.2) is 30.6 Å². The Morgan fingerprint density at radius 1 is 1.18 bits per heavy atom. The van der Waals surface area contributed by atoms with Gasteiger partial charge in [-0.15, -0.1) is 0 Å². The first-order chi connectivity index (χ1) is 17.7. The fourth-order valence-corrected chi connectivity index (χ4v) is 4.32. The molecule has 2 aromatic rings. The molecule has 2 aromatic heterocycles. The average molecular weight is 542 g/mol. The Balaban J connectivity index is 1.63. The van der Waals surface area contributed by atoms with Crippen LogP contribution in [-0.4, -0.2) is 51.5 Å². The molecule has 1 fully saturated rings. The maximum atomic E-state index is 13.8. The minimum absolute atomic E-state index is 0.0696. The molecule has 2 atom stereocenters. The van der Waals surface area contributed by atoms with E-state index in [1.165, 1.54) is 18.5 Å². The second kappa shape index (κ2) is 11.8. The average Bonchev–Trinajstić information content (AvgIpc) is 3.11. The third-order valence-electron chi connectivity index (χ3n) is 6.14. The summed E-state index contributed by atoms with van der Waals surface area (Å²) >= 11 is 0. The number of aromatic nitrogens is 2. The fraction of sp³-hybridized carbons (Fsp3) is 0.593. The Morgan fingerprint density at radius 2 is 1.89 bits per heavy atom. The van der Waals surface area contributed by atoms with Crippen molar-refractivity contribution in [1.82, 2.24) is 14.9 Å². The number of alkyl halides is 4. The largest absolute Gasteiger partial charge is 0.491 e. The molecule has 0 bridgehead atoms. The van der Waals surface area contributed by atoms with Crippen molar-refractivity contribution in [1.29, 1.82) is 0 Å². The monoisotopic (exact) mass is 541 g/mol. The first-order valence-electron chi connectivity index (χ1n) is 12.5. The van der Waals surface area contributed by atoms with Crippen LogP contribution in [-0.2, 0) is 9.47 Å². The van der Waals surface area contributed by atoms with Crippen LogP contribution in [0.2, 0.25) is 0 Å². The molecule has 210 valence electrons. The van der Waals surface area contributed by atoms with Gasteiger partial charge in [-0.05, 0) is 71.6 Å². The number of rotatable bonds is 9. The number of halogens is 4. The van der Waals surface area contributed by atoms with E-state index in [-0.39, 0.29) is 41.1 Å². The lowest BCUT2D eigenvalue weighted by molar-refractivity contribution is -0.0630. The summed E-state index contributed by atoms with van der Waals surface area (Å²) in [6, 6.07) is 3.50. The van der Waals surface area contributed by atoms with Gasteiger partial charge in [0.25, 0.3) is 12.9 Å². The molecule has 0 radical (unpaired) electrons. The molecule has 0 aromatic carbocycles. The molecular weight excluding hydrogens is 506 g/mol. The van der Waals surface area contributed by atoms with Gasteiger partial charge in [0, 0.05) is 11.8 Å². The zero-order valence-corrected chi connectivity index (χ0v) is 22.5. The molecule has 38 heavy (non-hydrogen) atoms. The summed E-state index contributed by atoms with van der Waals surface area (Å²) in [6.45, 7) is 11.5. The van der Waals surface area contributed by atoms with Crippen molar-refractivity contribution in [2.45, 2.75) is 84.6 Å². The number of pyridine rings is 2. The number of hydrogen-bond acceptors (Lipinski definition) is 6. The summed E-state index contributed by atoms with van der Waals surface area (Å²) in [6.07, 6.45) is -2.57. The van der Waals surface area contributed by atoms with Crippen LogP contribution in [0.1, 0.15) is 78.5 Å². The molecular formula is C27H35F4N3O4. The third kappa shape index (κ3) is 7.55. The topological polar surface area (TPSA) is 73.8 Å². The Bertz CT molecular complexity index is 1110. The smallest absolute Gasteiger partial charge is 0.412 e. The van der Waals surface area contributed by atoms with E-state index < -0.39 is 36.0 Å². The standard InChI is InChI=1S/C27H35F4N3O4/c1-16(11-18-15-37-27(5,6)34(18)25(35)38-26(2,3)4)8-10-36-22-14-33-20(13-19(22)23(28)29)17-7-9-32-21(12-17)24(30)31/h7,9,12-14,16,18,23-24H,8,10-11,15H2,1-6H3. The van der Waals surface area contributed by atoms with Gasteiger partial charge in [-0.25, -0.2) is 22.4 Å². The van der Waals surface area contributed by atoms with Crippen LogP contribution in [0, 0.1) is 5.92 Å². The van der Waals surface area contributed by atoms with Gasteiger partial charge < -0.3 is 14.2 Å². The third-order valence-corrected chi connectivity index (χ3v) is 6.14. The highest BCUT2D eigenvalue weighted by Gasteiger charge is 2.45. The molecule has 1 saturated heterocycles. The van der Waals surface area contributed by atoms with E-state index in [1.54, 1.807) is 25.7 Å². The minimum Gasteiger partial charge on any atom is -0.491 e. The van der Waals surface area contributed by atoms with E-state index in [2.05, 4.69) is 9.97 Å². The first kappa shape index (κ1) is 29.6. The van der Waals surface area contributed by atoms with Crippen molar-refractivity contribution in [3.8, 4) is 17.0 Å². The van der Waals surface area contributed by atoms with E-state index in [9.17, 15) is 22.4 Å². The number of carbonyl (C=O) groups is 1. The van der Waals surface area contributed by atoms with Crippen molar-refractivity contribution in [3.63, 3.8) is 0 Å². The molecule has 1 aliphatic heterocycles. The lowest BCUT2D eigenvalue weighted by Crippen LogP contribution is -2.50. The molecule has 1 amide bonds. The first-order valence-corrected chi connectivity index (χ1v) is 12.5. The predicted octanol–water partition coefficient (Wildman–Crippen LogP) is 7.19. The van der Waals surface area contributed by atoms with Crippen molar-refractivity contribution in [2.24, 2.45) is 5.92 Å². The van der Waals surface area contributed by atoms with Crippen molar-refractivity contribution in [2.75, 3.05) is 13.2 Å². The molecule has 11 heteroatoms. The van der Waals surface area contributed by atoms with Crippen molar-refractivity contribution >= 4 is 6.09 Å². The van der Waals surface area contributed by atoms with E-state index in [1.807, 2.05) is 20.8 Å². The zero-order valence-electron chi connectivity index (χ0n) is 22.5. The highest BCUT2D eigenvalue weighted by Crippen LogP contribution is 2.35. The summed E-state index contributed by atoms with van der Waals surface area (Å²) in [5.74, 6) is 0.00839. The van der Waals surface area contributed by atoms with Crippen molar-refractivity contribution in [3.05, 3.63) is 41.9 Å². The molecule has 0 aliphatic carbocycles. The SMILES string of the molecule is CC(CCOc1cnc(-c2ccnc(C(F)F)c2)cc1C(F)F)CC1COC(C)(C)N1C(=O)OC(C)(C)C. The highest BCUT2D eigenvalue weighted by molar-refractivity contribution is 5.69. The lowest BCUT2D eigenvalue weighted by atomic mass is 9.98. The second-order valence-electron chi connectivity index (χ2n) is 10.9. The number of carbonyl (C=O) groups excluding carboxylic acids is 1. The van der Waals surface area contributed by atoms with Crippen molar-refractivity contribution < 1.29 is 36.6 Å². The van der Waals surface area contributed by atoms with Gasteiger partial charge in [0.1, 0.15) is 22.8 Å². The summed E-state index contributed by atoms with van der Waals surface area (Å²) in [5, 5.41) is 0. The van der Waals surface area contributed by atoms with E-state index in [4.69, 9.17) is 14.2 Å². The fourth-order valence-electron chi connectivity index (χ4n) is 4.32. The van der Waals surface area contributed by atoms with E-state index >= 15 is 0 Å². The summed E-state index contributed by atoms with van der Waals surface area (Å²) < 4.78 is 70.6. The molecule has 1 aliphatic rings. The maximum absolute atomic E-state index is 13.8. The molecule has 0 saturated carbocycles. The van der Waals surface area contributed by atoms with Crippen LogP contribution in [0.25, 0.3) is 11.3 Å². The zero-order chi connectivity index (χ0) is 28.3. The highest BCUT2D eigenvalue weighted by atomic mass is 19.3. The van der Waals surface area contributed by atoms with Gasteiger partial charge in [-0.2, -0.15) is 0 Å². The van der Waals surface area contributed by atoms with Gasteiger partial charge in [0.2, 0.25) is 0 Å². The minimum atomic E-state index is -2.85. The normalized spacial score (nSPS) is 18.2. The van der Waals surface area contributed by atoms with Gasteiger partial charge in [0.15, 0.2) is 0 Å². The van der Waals surface area contributed by atoms with Gasteiger partial charge in [0.05, 0.1) is 36.7 Å². The molecule has 0 spiro atoms. The second-order valence-corrected chi connectivity index (χ2v) is 10.9. The number of amides is 1. The Hall–Kier alpha value is -2.95. The summed E-state index contributed by atoms with van der Waals surface area (Å²) in [4.78, 5) is 22.2. The quantitative estimate of drug-likeness (QED) is 0.313. The van der Waals surface area contributed by atoms with Gasteiger partial charge in [-0.3, -0.25) is 14.9 Å². The molecule has 0 N–H and O–H groups in total. The predicted molar refractivity (Wildman–Crippen MR) is 133 cm³/mol. The van der Waals surface area contributed by atoms with Crippen LogP contribution in [0.3, 0.4) is 0 Å². The van der Waals surface area contributed by atoms with Gasteiger partial charge >= 0.3 is 6.09 Å². The number of ether oxygens (including phenoxy) is 3.